The fourth-order valence-corrected chi connectivity index (χ4v) is 11.0. The van der Waals surface area contributed by atoms with Gasteiger partial charge >= 0.3 is 23.9 Å². The molecule has 0 amide bonds. The summed E-state index contributed by atoms with van der Waals surface area (Å²) in [5, 5.41) is -0.154. The van der Waals surface area contributed by atoms with Crippen LogP contribution in [0.1, 0.15) is 104 Å². The lowest BCUT2D eigenvalue weighted by atomic mass is 9.95. The number of fused-ring (bicyclic) bond motifs is 1. The Morgan fingerprint density at radius 1 is 0.537 bits per heavy atom. The molecular weight excluding hydrogens is 1060 g/mol. The Kier molecular flexibility index (Phi) is 18.9. The largest absolute Gasteiger partial charge is 0.541 e. The molecule has 0 spiro atoms. The minimum Gasteiger partial charge on any atom is -0.541 e. The third kappa shape index (κ3) is 14.4. The normalized spacial score (nSPS) is 25.3. The average molecular weight is 1130 g/mol. The minimum atomic E-state index is -2.35. The van der Waals surface area contributed by atoms with Crippen molar-refractivity contribution in [3.63, 3.8) is 0 Å². The fourth-order valence-electron chi connectivity index (χ4n) is 8.91. The zero-order chi connectivity index (χ0) is 57.6. The van der Waals surface area contributed by atoms with Gasteiger partial charge in [0, 0.05) is 12.5 Å². The molecule has 16 nitrogen and oxygen atoms in total. The molecule has 3 heterocycles. The van der Waals surface area contributed by atoms with Gasteiger partial charge in [0.05, 0.1) is 36.0 Å². The Bertz CT molecular complexity index is 2880. The SMILES string of the molecule is CC(=O)O[C@H]1[C@H](OCCc2ccc(O[Si](C)(C)C(C)(C)C)c(O[Si](C)(C)C(C)(C)C)c2)O[C@@H]2COC(c3ccccc3)O[C@H]2[C@@H]1O[C@@H]1O[C@@H](C)[C@H](OC(=O)c2ccccc2)[C@@H](OC(=O)c2ccccc2)[C@H]1OC(=O)c1ccccc1. The van der Waals surface area contributed by atoms with Gasteiger partial charge in [0.25, 0.3) is 16.6 Å². The van der Waals surface area contributed by atoms with E-state index in [1.807, 2.05) is 48.5 Å². The van der Waals surface area contributed by atoms with Crippen LogP contribution in [0.25, 0.3) is 0 Å². The van der Waals surface area contributed by atoms with Crippen LogP contribution in [0.5, 0.6) is 11.5 Å². The molecule has 8 rings (SSSR count). The molecule has 3 saturated heterocycles. The highest BCUT2D eigenvalue weighted by molar-refractivity contribution is 6.75. The molecule has 0 N–H and O–H groups in total. The van der Waals surface area contributed by atoms with Crippen LogP contribution < -0.4 is 8.85 Å². The Morgan fingerprint density at radius 3 is 1.52 bits per heavy atom. The molecule has 3 fully saturated rings. The molecule has 5 aromatic rings. The van der Waals surface area contributed by atoms with Gasteiger partial charge in [-0.2, -0.15) is 0 Å². The summed E-state index contributed by atoms with van der Waals surface area (Å²) in [5.41, 5.74) is 2.13. The number of hydrogen-bond donors (Lipinski definition) is 0. The molecular formula is C62H76O16Si2. The van der Waals surface area contributed by atoms with Crippen molar-refractivity contribution < 1.29 is 75.4 Å². The van der Waals surface area contributed by atoms with Crippen molar-refractivity contribution in [2.45, 2.75) is 166 Å². The smallest absolute Gasteiger partial charge is 0.338 e. The second-order valence-electron chi connectivity index (χ2n) is 23.4. The van der Waals surface area contributed by atoms with Crippen LogP contribution >= 0.6 is 0 Å². The van der Waals surface area contributed by atoms with Gasteiger partial charge in [-0.1, -0.05) is 133 Å². The summed E-state index contributed by atoms with van der Waals surface area (Å²) in [5.74, 6) is -1.72. The van der Waals surface area contributed by atoms with Crippen LogP contribution in [0.3, 0.4) is 0 Å². The second-order valence-corrected chi connectivity index (χ2v) is 32.9. The number of carbonyl (C=O) groups is 4. The van der Waals surface area contributed by atoms with E-state index in [9.17, 15) is 19.2 Å². The number of rotatable bonds is 18. The topological polar surface area (TPSA) is 179 Å². The lowest BCUT2D eigenvalue weighted by molar-refractivity contribution is -0.390. The van der Waals surface area contributed by atoms with Gasteiger partial charge in [0.2, 0.25) is 0 Å². The quantitative estimate of drug-likeness (QED) is 0.0459. The highest BCUT2D eigenvalue weighted by atomic mass is 28.4. The van der Waals surface area contributed by atoms with Crippen molar-refractivity contribution in [3.8, 4) is 11.5 Å². The molecule has 0 bridgehead atoms. The van der Waals surface area contributed by atoms with Crippen LogP contribution in [0.4, 0.5) is 0 Å². The Balaban J connectivity index is 1.15. The summed E-state index contributed by atoms with van der Waals surface area (Å²) < 4.78 is 78.8. The van der Waals surface area contributed by atoms with Crippen molar-refractivity contribution in [2.24, 2.45) is 0 Å². The van der Waals surface area contributed by atoms with Gasteiger partial charge in [-0.05, 0) is 104 Å². The van der Waals surface area contributed by atoms with E-state index in [4.69, 9.17) is 56.2 Å². The molecule has 1 unspecified atom stereocenters. The van der Waals surface area contributed by atoms with Gasteiger partial charge in [0.15, 0.2) is 43.3 Å². The summed E-state index contributed by atoms with van der Waals surface area (Å²) in [6, 6.07) is 39.9. The molecule has 3 aliphatic heterocycles. The van der Waals surface area contributed by atoms with E-state index in [1.165, 1.54) is 6.92 Å². The van der Waals surface area contributed by atoms with E-state index in [0.717, 1.165) is 5.56 Å². The summed E-state index contributed by atoms with van der Waals surface area (Å²) in [6.45, 7) is 24.9. The Morgan fingerprint density at radius 2 is 1.01 bits per heavy atom. The summed E-state index contributed by atoms with van der Waals surface area (Å²) in [6.07, 6.45) is -13.7. The molecule has 0 saturated carbocycles. The molecule has 428 valence electrons. The maximum Gasteiger partial charge on any atom is 0.338 e. The van der Waals surface area contributed by atoms with Gasteiger partial charge in [-0.3, -0.25) is 4.79 Å². The van der Waals surface area contributed by atoms with Crippen LogP contribution in [-0.4, -0.2) is 115 Å². The van der Waals surface area contributed by atoms with E-state index >= 15 is 0 Å². The van der Waals surface area contributed by atoms with Crippen molar-refractivity contribution in [1.82, 2.24) is 0 Å². The van der Waals surface area contributed by atoms with Crippen LogP contribution in [-0.2, 0) is 58.6 Å². The Hall–Kier alpha value is -6.23. The molecule has 0 aromatic heterocycles. The van der Waals surface area contributed by atoms with E-state index in [2.05, 4.69) is 67.7 Å². The first-order valence-electron chi connectivity index (χ1n) is 27.3. The molecule has 80 heavy (non-hydrogen) atoms. The van der Waals surface area contributed by atoms with Crippen molar-refractivity contribution in [2.75, 3.05) is 13.2 Å². The third-order valence-corrected chi connectivity index (χ3v) is 24.1. The van der Waals surface area contributed by atoms with E-state index in [0.29, 0.717) is 23.5 Å². The number of ether oxygens (including phenoxy) is 10. The monoisotopic (exact) mass is 1130 g/mol. The third-order valence-electron chi connectivity index (χ3n) is 15.5. The number of benzene rings is 5. The molecule has 5 aromatic carbocycles. The number of hydrogen-bond acceptors (Lipinski definition) is 16. The standard InChI is InChI=1S/C62H76O16Si2/c1-39-49(72-55(64)42-25-17-13-18-26-42)51(73-56(65)43-27-19-14-20-28-43)54(74-57(66)44-29-21-15-22-30-44)60(69-39)76-52-50-48(38-68-58(75-50)45-31-23-16-24-32-45)71-59(53(52)70-40(2)63)67-36-35-41-33-34-46(77-79(9,10)61(3,4)5)47(37-41)78-80(11,12)62(6,7)8/h13-34,37,39,48-54,58-60H,35-36,38H2,1-12H3/t39-,48+,49-,50+,51+,52-,53+,54+,58?,59+,60-/m0/s1. The lowest BCUT2D eigenvalue weighted by Crippen LogP contribution is -2.67. The molecule has 3 aliphatic rings. The minimum absolute atomic E-state index is 0.0102. The number of carbonyl (C=O) groups excluding carboxylic acids is 4. The summed E-state index contributed by atoms with van der Waals surface area (Å²) >= 11 is 0. The van der Waals surface area contributed by atoms with E-state index < -0.39 is 108 Å². The lowest BCUT2D eigenvalue weighted by Gasteiger charge is -2.50. The first kappa shape index (κ1) is 59.9. The zero-order valence-corrected chi connectivity index (χ0v) is 49.8. The molecule has 0 aliphatic carbocycles. The average Bonchev–Trinajstić information content (AvgIpc) is 3.49. The molecule has 18 heteroatoms. The maximum absolute atomic E-state index is 14.3. The van der Waals surface area contributed by atoms with Crippen molar-refractivity contribution >= 4 is 40.5 Å². The van der Waals surface area contributed by atoms with Crippen molar-refractivity contribution in [1.29, 1.82) is 0 Å². The number of esters is 4. The first-order chi connectivity index (χ1) is 37.9. The van der Waals surface area contributed by atoms with Crippen LogP contribution in [0, 0.1) is 0 Å². The highest BCUT2D eigenvalue weighted by Gasteiger charge is 2.58. The highest BCUT2D eigenvalue weighted by Crippen LogP contribution is 2.45. The first-order valence-corrected chi connectivity index (χ1v) is 33.1. The van der Waals surface area contributed by atoms with Crippen LogP contribution in [0.2, 0.25) is 36.3 Å². The van der Waals surface area contributed by atoms with Crippen molar-refractivity contribution in [3.05, 3.63) is 167 Å². The van der Waals surface area contributed by atoms with E-state index in [1.54, 1.807) is 97.9 Å². The van der Waals surface area contributed by atoms with Gasteiger partial charge in [0.1, 0.15) is 29.8 Å². The van der Waals surface area contributed by atoms with Crippen LogP contribution in [0.15, 0.2) is 140 Å². The second kappa shape index (κ2) is 25.3. The summed E-state index contributed by atoms with van der Waals surface area (Å²) in [7, 11) is -4.63. The summed E-state index contributed by atoms with van der Waals surface area (Å²) in [4.78, 5) is 55.8. The van der Waals surface area contributed by atoms with Gasteiger partial charge < -0.3 is 56.2 Å². The predicted molar refractivity (Wildman–Crippen MR) is 302 cm³/mol. The van der Waals surface area contributed by atoms with Gasteiger partial charge in [-0.25, -0.2) is 14.4 Å². The molecule has 0 radical (unpaired) electrons. The predicted octanol–water partition coefficient (Wildman–Crippen LogP) is 11.6. The molecule has 11 atom stereocenters. The zero-order valence-electron chi connectivity index (χ0n) is 47.8. The fraction of sp³-hybridized carbons (Fsp3) is 0.452. The maximum atomic E-state index is 14.3. The van der Waals surface area contributed by atoms with E-state index in [-0.39, 0.29) is 40.0 Å². The Labute approximate surface area is 471 Å². The van der Waals surface area contributed by atoms with Gasteiger partial charge in [-0.15, -0.1) is 0 Å².